The first kappa shape index (κ1) is 23.8. The van der Waals surface area contributed by atoms with Crippen LogP contribution in [0.15, 0.2) is 76.9 Å². The minimum absolute atomic E-state index is 0.324. The zero-order valence-corrected chi connectivity index (χ0v) is 20.3. The van der Waals surface area contributed by atoms with Gasteiger partial charge in [-0.1, -0.05) is 42.5 Å². The molecule has 7 heteroatoms. The molecule has 3 aromatic rings. The number of aromatic nitrogens is 2. The molecule has 1 fully saturated rings. The largest absolute Gasteiger partial charge is 0.295 e. The predicted octanol–water partition coefficient (Wildman–Crippen LogP) is 5.26. The van der Waals surface area contributed by atoms with Crippen molar-refractivity contribution in [3.63, 3.8) is 0 Å². The number of rotatable bonds is 12. The minimum atomic E-state index is -0.392. The Hall–Kier alpha value is -2.35. The Balaban J connectivity index is 1.24. The number of Topliss-reactive ketones (excluding diaryl/α,β-unsaturated/α-hetero) is 1. The molecule has 1 aromatic carbocycles. The molecule has 0 saturated carbocycles. The Morgan fingerprint density at radius 3 is 2.85 bits per heavy atom. The van der Waals surface area contributed by atoms with Crippen LogP contribution in [0.5, 0.6) is 0 Å². The predicted molar refractivity (Wildman–Crippen MR) is 137 cm³/mol. The number of unbranched alkanes of at least 4 members (excludes halogenated alkanes) is 2. The van der Waals surface area contributed by atoms with Gasteiger partial charge in [0.15, 0.2) is 6.29 Å². The summed E-state index contributed by atoms with van der Waals surface area (Å²) in [5.41, 5.74) is 2.30. The van der Waals surface area contributed by atoms with Gasteiger partial charge in [-0.05, 0) is 55.6 Å². The number of allylic oxidation sites excluding steroid dienone is 1. The van der Waals surface area contributed by atoms with E-state index in [2.05, 4.69) is 50.7 Å². The van der Waals surface area contributed by atoms with E-state index in [1.165, 1.54) is 10.6 Å². The summed E-state index contributed by atoms with van der Waals surface area (Å²) >= 11 is 3.53. The average molecular weight is 480 g/mol. The molecule has 0 radical (unpaired) electrons. The van der Waals surface area contributed by atoms with Gasteiger partial charge in [0.1, 0.15) is 11.7 Å². The number of hydrogen-bond acceptors (Lipinski definition) is 6. The molecule has 1 atom stereocenters. The normalized spacial score (nSPS) is 17.7. The number of aldehydes is 1. The van der Waals surface area contributed by atoms with Gasteiger partial charge in [0, 0.05) is 29.7 Å². The molecule has 1 aliphatic heterocycles. The molecule has 0 amide bonds. The fourth-order valence-corrected chi connectivity index (χ4v) is 6.35. The van der Waals surface area contributed by atoms with E-state index in [0.29, 0.717) is 6.29 Å². The molecular weight excluding hydrogens is 450 g/mol. The molecule has 172 valence electrons. The van der Waals surface area contributed by atoms with Gasteiger partial charge in [-0.3, -0.25) is 18.9 Å². The highest BCUT2D eigenvalue weighted by Gasteiger charge is 2.34. The first-order valence-electron chi connectivity index (χ1n) is 11.4. The number of imidazole rings is 1. The van der Waals surface area contributed by atoms with Crippen LogP contribution >= 0.6 is 23.5 Å². The van der Waals surface area contributed by atoms with E-state index >= 15 is 0 Å². The van der Waals surface area contributed by atoms with Crippen molar-refractivity contribution in [1.29, 1.82) is 0 Å². The van der Waals surface area contributed by atoms with Gasteiger partial charge in [0.05, 0.1) is 5.03 Å². The number of pyridine rings is 1. The molecule has 0 aliphatic carbocycles. The molecule has 5 nitrogen and oxygen atoms in total. The lowest BCUT2D eigenvalue weighted by atomic mass is 10.1. The van der Waals surface area contributed by atoms with E-state index in [9.17, 15) is 9.59 Å². The van der Waals surface area contributed by atoms with Crippen molar-refractivity contribution in [3.05, 3.63) is 77.5 Å². The Morgan fingerprint density at radius 2 is 2.00 bits per heavy atom. The molecule has 1 saturated heterocycles. The third-order valence-electron chi connectivity index (χ3n) is 5.76. The topological polar surface area (TPSA) is 54.7 Å². The summed E-state index contributed by atoms with van der Waals surface area (Å²) in [6, 6.07) is 16.2. The van der Waals surface area contributed by atoms with Crippen LogP contribution in [0.3, 0.4) is 0 Å². The molecule has 2 aromatic heterocycles. The van der Waals surface area contributed by atoms with Gasteiger partial charge in [-0.15, -0.1) is 23.5 Å². The molecule has 1 unspecified atom stereocenters. The maximum Gasteiger partial charge on any atom is 0.217 e. The van der Waals surface area contributed by atoms with Gasteiger partial charge in [-0.25, -0.2) is 4.98 Å². The zero-order chi connectivity index (χ0) is 22.9. The number of fused-ring (bicyclic) bond motifs is 1. The fraction of sp³-hybridized carbons (Fsp3) is 0.346. The second-order valence-corrected chi connectivity index (χ2v) is 10.2. The number of aryl methyl sites for hydroxylation is 1. The second kappa shape index (κ2) is 12.2. The number of carbonyl (C=O) groups is 2. The van der Waals surface area contributed by atoms with Crippen molar-refractivity contribution in [2.24, 2.45) is 0 Å². The quantitative estimate of drug-likeness (QED) is 0.153. The molecule has 0 N–H and O–H groups in total. The third kappa shape index (κ3) is 6.37. The minimum Gasteiger partial charge on any atom is -0.295 e. The molecule has 0 spiro atoms. The molecule has 3 heterocycles. The van der Waals surface area contributed by atoms with Crippen LogP contribution < -0.4 is 0 Å². The van der Waals surface area contributed by atoms with Crippen molar-refractivity contribution >= 4 is 41.2 Å². The number of hydrogen-bond donors (Lipinski definition) is 0. The van der Waals surface area contributed by atoms with Gasteiger partial charge in [-0.2, -0.15) is 0 Å². The highest BCUT2D eigenvalue weighted by Crippen LogP contribution is 2.34. The number of benzene rings is 1. The van der Waals surface area contributed by atoms with Gasteiger partial charge in [0.25, 0.3) is 0 Å². The summed E-state index contributed by atoms with van der Waals surface area (Å²) in [6.07, 6.45) is 11.5. The maximum absolute atomic E-state index is 12.4. The number of ketones is 1. The van der Waals surface area contributed by atoms with Crippen LogP contribution in [0.1, 0.15) is 31.2 Å². The zero-order valence-electron chi connectivity index (χ0n) is 18.6. The van der Waals surface area contributed by atoms with Crippen molar-refractivity contribution in [1.82, 2.24) is 14.3 Å². The molecule has 0 bridgehead atoms. The lowest BCUT2D eigenvalue weighted by Crippen LogP contribution is -2.38. The van der Waals surface area contributed by atoms with Crippen LogP contribution in [0, 0.1) is 0 Å². The van der Waals surface area contributed by atoms with E-state index < -0.39 is 6.04 Å². The number of nitrogens with zero attached hydrogens (tertiary/aromatic N) is 3. The molecular formula is C26H29N3O2S2. The van der Waals surface area contributed by atoms with Gasteiger partial charge < -0.3 is 0 Å². The number of carbonyl (C=O) groups excluding carboxylic acids is 2. The van der Waals surface area contributed by atoms with E-state index in [0.717, 1.165) is 60.8 Å². The Morgan fingerprint density at radius 1 is 1.12 bits per heavy atom. The lowest BCUT2D eigenvalue weighted by molar-refractivity contribution is -0.132. The molecule has 4 rings (SSSR count). The Bertz CT molecular complexity index is 1100. The van der Waals surface area contributed by atoms with Crippen LogP contribution in [-0.2, 0) is 16.0 Å². The van der Waals surface area contributed by atoms with E-state index in [1.807, 2.05) is 42.4 Å². The summed E-state index contributed by atoms with van der Waals surface area (Å²) in [5, 5.41) is 1.19. The van der Waals surface area contributed by atoms with Crippen LogP contribution in [0.25, 0.3) is 5.65 Å². The highest BCUT2D eigenvalue weighted by atomic mass is 32.2. The summed E-state index contributed by atoms with van der Waals surface area (Å²) in [6.45, 7) is 0.828. The average Bonchev–Trinajstić information content (AvgIpc) is 3.49. The van der Waals surface area contributed by atoms with Gasteiger partial charge >= 0.3 is 0 Å². The highest BCUT2D eigenvalue weighted by molar-refractivity contribution is 8.03. The third-order valence-corrected chi connectivity index (χ3v) is 8.06. The summed E-state index contributed by atoms with van der Waals surface area (Å²) in [7, 11) is 0. The first-order valence-corrected chi connectivity index (χ1v) is 13.4. The van der Waals surface area contributed by atoms with Crippen LogP contribution in [0.4, 0.5) is 0 Å². The van der Waals surface area contributed by atoms with Crippen molar-refractivity contribution in [2.45, 2.75) is 43.2 Å². The lowest BCUT2D eigenvalue weighted by Gasteiger charge is -2.21. The standard InChI is InChI=1S/C26H29N3O2S2/c30-19-22(31)26-23(12-5-4-11-21-9-2-1-3-10-21)33-20-28(26)16-6-7-18-32-25-14-8-13-24-27-15-17-29(24)25/h1-3,8-10,12-15,17,19,26H,4-7,11,16,18,20H2. The maximum atomic E-state index is 12.4. The monoisotopic (exact) mass is 479 g/mol. The fourth-order valence-electron chi connectivity index (χ4n) is 4.07. The van der Waals surface area contributed by atoms with E-state index in [4.69, 9.17) is 0 Å². The van der Waals surface area contributed by atoms with E-state index in [1.54, 1.807) is 11.8 Å². The summed E-state index contributed by atoms with van der Waals surface area (Å²) in [4.78, 5) is 31.2. The molecule has 33 heavy (non-hydrogen) atoms. The summed E-state index contributed by atoms with van der Waals surface area (Å²) < 4.78 is 2.11. The SMILES string of the molecule is O=CC(=O)C1C(=CCCCc2ccccc2)SCN1CCCCSc1cccc2nccn12. The second-order valence-electron chi connectivity index (χ2n) is 8.07. The smallest absolute Gasteiger partial charge is 0.217 e. The Kier molecular flexibility index (Phi) is 8.80. The van der Waals surface area contributed by atoms with Crippen LogP contribution in [0.2, 0.25) is 0 Å². The van der Waals surface area contributed by atoms with Crippen molar-refractivity contribution in [2.75, 3.05) is 18.2 Å². The van der Waals surface area contributed by atoms with Crippen LogP contribution in [-0.4, -0.2) is 50.6 Å². The molecule has 1 aliphatic rings. The van der Waals surface area contributed by atoms with Gasteiger partial charge in [0.2, 0.25) is 5.78 Å². The summed E-state index contributed by atoms with van der Waals surface area (Å²) in [5.74, 6) is 1.46. The first-order chi connectivity index (χ1) is 16.3. The number of thioether (sulfide) groups is 2. The van der Waals surface area contributed by atoms with Crippen molar-refractivity contribution < 1.29 is 9.59 Å². The van der Waals surface area contributed by atoms with Crippen molar-refractivity contribution in [3.8, 4) is 0 Å². The van der Waals surface area contributed by atoms with E-state index in [-0.39, 0.29) is 5.78 Å². The Labute approximate surface area is 203 Å².